The van der Waals surface area contributed by atoms with Gasteiger partial charge in [-0.05, 0) is 23.5 Å². The highest BCUT2D eigenvalue weighted by Crippen LogP contribution is 2.09. The van der Waals surface area contributed by atoms with E-state index < -0.39 is 0 Å². The van der Waals surface area contributed by atoms with E-state index in [2.05, 4.69) is 47.2 Å². The summed E-state index contributed by atoms with van der Waals surface area (Å²) in [5, 5.41) is 0. The lowest BCUT2D eigenvalue weighted by molar-refractivity contribution is -0.104. The zero-order chi connectivity index (χ0) is 13.3. The first kappa shape index (κ1) is 17.5. The Morgan fingerprint density at radius 2 is 1.41 bits per heavy atom. The van der Waals surface area contributed by atoms with Crippen molar-refractivity contribution in [1.29, 1.82) is 0 Å². The second-order valence-corrected chi connectivity index (χ2v) is 7.94. The van der Waals surface area contributed by atoms with E-state index in [1.807, 2.05) is 0 Å². The molecule has 0 aromatic carbocycles. The van der Waals surface area contributed by atoms with E-state index in [0.29, 0.717) is 17.8 Å². The second kappa shape index (κ2) is 10.4. The van der Waals surface area contributed by atoms with Gasteiger partial charge in [0.05, 0.1) is 22.7 Å². The average Bonchev–Trinajstić information content (AvgIpc) is 2.26. The van der Waals surface area contributed by atoms with Gasteiger partial charge in [-0.3, -0.25) is 0 Å². The molecule has 0 N–H and O–H groups in total. The van der Waals surface area contributed by atoms with E-state index in [-0.39, 0.29) is 15.4 Å². The number of rotatable bonds is 10. The molecule has 4 heteroatoms. The van der Waals surface area contributed by atoms with Gasteiger partial charge in [-0.25, -0.2) is 0 Å². The maximum Gasteiger partial charge on any atom is 0.134 e. The van der Waals surface area contributed by atoms with Crippen LogP contribution in [-0.4, -0.2) is 34.4 Å². The van der Waals surface area contributed by atoms with E-state index >= 15 is 0 Å². The summed E-state index contributed by atoms with van der Waals surface area (Å²) in [7, 11) is -0.312. The lowest BCUT2D eigenvalue weighted by Crippen LogP contribution is -2.29. The molecule has 0 fully saturated rings. The van der Waals surface area contributed by atoms with Gasteiger partial charge in [0.25, 0.3) is 0 Å². The monoisotopic (exact) mass is 278 g/mol. The fourth-order valence-corrected chi connectivity index (χ4v) is 3.50. The molecule has 0 radical (unpaired) electrons. The molecular weight excluding hydrogens is 248 g/mol. The first-order valence-electron chi connectivity index (χ1n) is 6.79. The van der Waals surface area contributed by atoms with Gasteiger partial charge in [-0.1, -0.05) is 40.7 Å². The van der Waals surface area contributed by atoms with E-state index in [9.17, 15) is 0 Å². The Morgan fingerprint density at radius 3 is 1.76 bits per heavy atom. The van der Waals surface area contributed by atoms with Crippen molar-refractivity contribution >= 4 is 22.1 Å². The highest BCUT2D eigenvalue weighted by Gasteiger charge is 2.13. The maximum absolute atomic E-state index is 5.86. The molecule has 0 bridgehead atoms. The van der Waals surface area contributed by atoms with Crippen LogP contribution >= 0.6 is 12.6 Å². The number of hydrogen-bond acceptors (Lipinski definition) is 3. The third kappa shape index (κ3) is 11.3. The zero-order valence-electron chi connectivity index (χ0n) is 12.1. The van der Waals surface area contributed by atoms with Crippen molar-refractivity contribution in [1.82, 2.24) is 0 Å². The minimum absolute atomic E-state index is 0.0992. The van der Waals surface area contributed by atoms with Gasteiger partial charge < -0.3 is 9.47 Å². The molecule has 1 unspecified atom stereocenters. The summed E-state index contributed by atoms with van der Waals surface area (Å²) in [6.07, 6.45) is 0. The normalized spacial score (nSPS) is 14.6. The third-order valence-corrected chi connectivity index (χ3v) is 5.32. The minimum atomic E-state index is -0.312. The second-order valence-electron chi connectivity index (χ2n) is 5.75. The summed E-state index contributed by atoms with van der Waals surface area (Å²) < 4.78 is 11.7. The van der Waals surface area contributed by atoms with Crippen LogP contribution in [0.5, 0.6) is 0 Å². The molecule has 0 saturated carbocycles. The van der Waals surface area contributed by atoms with Crippen molar-refractivity contribution in [3.05, 3.63) is 0 Å². The fraction of sp³-hybridized carbons (Fsp3) is 1.00. The van der Waals surface area contributed by atoms with Crippen LogP contribution < -0.4 is 0 Å². The van der Waals surface area contributed by atoms with Gasteiger partial charge in [0.15, 0.2) is 0 Å². The van der Waals surface area contributed by atoms with Crippen molar-refractivity contribution in [3.63, 3.8) is 0 Å². The Labute approximate surface area is 115 Å². The quantitative estimate of drug-likeness (QED) is 0.376. The molecule has 0 amide bonds. The molecule has 2 nitrogen and oxygen atoms in total. The van der Waals surface area contributed by atoms with E-state index in [1.165, 1.54) is 6.04 Å². The minimum Gasteiger partial charge on any atom is -0.357 e. The van der Waals surface area contributed by atoms with E-state index in [4.69, 9.17) is 9.47 Å². The van der Waals surface area contributed by atoms with Gasteiger partial charge in [0.1, 0.15) is 5.91 Å². The van der Waals surface area contributed by atoms with Crippen LogP contribution in [0.3, 0.4) is 0 Å². The van der Waals surface area contributed by atoms with E-state index in [0.717, 1.165) is 19.0 Å². The molecule has 0 saturated heterocycles. The van der Waals surface area contributed by atoms with Crippen LogP contribution in [0.4, 0.5) is 0 Å². The van der Waals surface area contributed by atoms with Crippen molar-refractivity contribution in [2.45, 2.75) is 46.6 Å². The van der Waals surface area contributed by atoms with Gasteiger partial charge in [-0.15, -0.1) is 0 Å². The molecule has 0 heterocycles. The molecule has 0 spiro atoms. The average molecular weight is 279 g/mol. The summed E-state index contributed by atoms with van der Waals surface area (Å²) >= 11 is 4.33. The standard InChI is InChI=1S/C13H30O2SSi/c1-10(2)6-14-13(15-7-11(3)4)17-9-12(5)8-16/h10-13,16H,6-9,17H2,1-5H3. The van der Waals surface area contributed by atoms with Crippen LogP contribution in [-0.2, 0) is 9.47 Å². The van der Waals surface area contributed by atoms with Gasteiger partial charge in [-0.2, -0.15) is 12.6 Å². The molecule has 104 valence electrons. The predicted molar refractivity (Wildman–Crippen MR) is 81.7 cm³/mol. The Balaban J connectivity index is 3.92. The molecular formula is C13H30O2SSi. The van der Waals surface area contributed by atoms with Crippen LogP contribution in [0, 0.1) is 17.8 Å². The summed E-state index contributed by atoms with van der Waals surface area (Å²) in [5.74, 6) is 2.92. The molecule has 0 aromatic rings. The topological polar surface area (TPSA) is 18.5 Å². The summed E-state index contributed by atoms with van der Waals surface area (Å²) in [6, 6.07) is 1.25. The predicted octanol–water partition coefficient (Wildman–Crippen LogP) is 2.77. The largest absolute Gasteiger partial charge is 0.357 e. The third-order valence-electron chi connectivity index (χ3n) is 2.44. The Bertz CT molecular complexity index is 165. The molecule has 0 aromatic heterocycles. The number of thiol groups is 1. The van der Waals surface area contributed by atoms with E-state index in [1.54, 1.807) is 0 Å². The van der Waals surface area contributed by atoms with Crippen LogP contribution in [0.1, 0.15) is 34.6 Å². The molecule has 1 atom stereocenters. The number of hydrogen-bond donors (Lipinski definition) is 1. The highest BCUT2D eigenvalue weighted by atomic mass is 32.1. The first-order valence-corrected chi connectivity index (χ1v) is 9.24. The summed E-state index contributed by atoms with van der Waals surface area (Å²) in [4.78, 5) is 0. The Hall–Kier alpha value is 0.487. The lowest BCUT2D eigenvalue weighted by Gasteiger charge is -2.21. The summed E-state index contributed by atoms with van der Waals surface area (Å²) in [6.45, 7) is 12.6. The van der Waals surface area contributed by atoms with Crippen LogP contribution in [0.25, 0.3) is 0 Å². The number of ether oxygens (including phenoxy) is 2. The van der Waals surface area contributed by atoms with Crippen molar-refractivity contribution in [2.75, 3.05) is 19.0 Å². The Morgan fingerprint density at radius 1 is 0.941 bits per heavy atom. The lowest BCUT2D eigenvalue weighted by atomic mass is 10.2. The molecule has 0 aliphatic carbocycles. The zero-order valence-corrected chi connectivity index (χ0v) is 14.4. The smallest absolute Gasteiger partial charge is 0.134 e. The van der Waals surface area contributed by atoms with Crippen molar-refractivity contribution in [2.24, 2.45) is 17.8 Å². The molecule has 0 rings (SSSR count). The van der Waals surface area contributed by atoms with Gasteiger partial charge >= 0.3 is 0 Å². The fourth-order valence-electron chi connectivity index (χ4n) is 1.33. The van der Waals surface area contributed by atoms with Crippen LogP contribution in [0.15, 0.2) is 0 Å². The highest BCUT2D eigenvalue weighted by molar-refractivity contribution is 7.80. The SMILES string of the molecule is CC(C)COC(OCC(C)C)[SiH2]CC(C)CS. The maximum atomic E-state index is 5.86. The molecule has 0 aliphatic rings. The molecule has 0 aliphatic heterocycles. The Kier molecular flexibility index (Phi) is 10.7. The van der Waals surface area contributed by atoms with Crippen molar-refractivity contribution < 1.29 is 9.47 Å². The van der Waals surface area contributed by atoms with Gasteiger partial charge in [0, 0.05) is 0 Å². The van der Waals surface area contributed by atoms with Crippen LogP contribution in [0.2, 0.25) is 6.04 Å². The molecule has 17 heavy (non-hydrogen) atoms. The van der Waals surface area contributed by atoms with Crippen molar-refractivity contribution in [3.8, 4) is 0 Å². The summed E-state index contributed by atoms with van der Waals surface area (Å²) in [5.41, 5.74) is 0. The first-order chi connectivity index (χ1) is 7.95. The van der Waals surface area contributed by atoms with Gasteiger partial charge in [0.2, 0.25) is 0 Å².